The highest BCUT2D eigenvalue weighted by atomic mass is 16.5. The van der Waals surface area contributed by atoms with E-state index in [0.29, 0.717) is 10.8 Å². The van der Waals surface area contributed by atoms with Crippen LogP contribution in [0.3, 0.4) is 0 Å². The third-order valence-electron chi connectivity index (χ3n) is 2.36. The fraction of sp³-hybridized carbons (Fsp3) is 0.167. The van der Waals surface area contributed by atoms with E-state index in [1.165, 1.54) is 6.92 Å². The fourth-order valence-electron chi connectivity index (χ4n) is 1.51. The number of hydrogen-bond donors (Lipinski definition) is 1. The van der Waals surface area contributed by atoms with Gasteiger partial charge in [-0.1, -0.05) is 18.2 Å². The van der Waals surface area contributed by atoms with Gasteiger partial charge in [0.2, 0.25) is 0 Å². The molecule has 0 fully saturated rings. The van der Waals surface area contributed by atoms with Crippen LogP contribution in [-0.4, -0.2) is 22.3 Å². The minimum atomic E-state index is -0.870. The summed E-state index contributed by atoms with van der Waals surface area (Å²) in [5.74, 6) is -0.739. The Balaban J connectivity index is 2.53. The minimum Gasteiger partial charge on any atom is -0.442 e. The topological polar surface area (TPSA) is 95.8 Å². The Bertz CT molecular complexity index is 700. The second-order valence-corrected chi connectivity index (χ2v) is 3.62. The largest absolute Gasteiger partial charge is 0.442 e. The van der Waals surface area contributed by atoms with Gasteiger partial charge < -0.3 is 4.74 Å². The van der Waals surface area contributed by atoms with Crippen LogP contribution in [0.5, 0.6) is 0 Å². The summed E-state index contributed by atoms with van der Waals surface area (Å²) in [4.78, 5) is 23.3. The summed E-state index contributed by atoms with van der Waals surface area (Å²) in [5, 5.41) is 15.2. The predicted molar refractivity (Wildman–Crippen MR) is 62.9 cm³/mol. The molecule has 0 saturated carbocycles. The van der Waals surface area contributed by atoms with E-state index in [2.05, 4.69) is 10.2 Å². The minimum absolute atomic E-state index is 0.00713. The molecule has 0 saturated heterocycles. The number of hydrogen-bond acceptors (Lipinski definition) is 5. The lowest BCUT2D eigenvalue weighted by Gasteiger charge is -2.06. The zero-order chi connectivity index (χ0) is 13.1. The SMILES string of the molecule is CC(C#N)OC(=O)c1n[nH]c(=O)c2ccccc12. The number of aromatic nitrogens is 2. The van der Waals surface area contributed by atoms with E-state index in [1.807, 2.05) is 0 Å². The van der Waals surface area contributed by atoms with Crippen molar-refractivity contribution in [2.75, 3.05) is 0 Å². The van der Waals surface area contributed by atoms with Crippen LogP contribution in [0.4, 0.5) is 0 Å². The molecule has 2 rings (SSSR count). The molecular weight excluding hydrogens is 234 g/mol. The highest BCUT2D eigenvalue weighted by Crippen LogP contribution is 2.13. The molecule has 1 aromatic heterocycles. The van der Waals surface area contributed by atoms with Crippen molar-refractivity contribution < 1.29 is 9.53 Å². The molecule has 18 heavy (non-hydrogen) atoms. The summed E-state index contributed by atoms with van der Waals surface area (Å²) in [6.07, 6.45) is -0.870. The molecule has 0 amide bonds. The van der Waals surface area contributed by atoms with Gasteiger partial charge in [0, 0.05) is 5.39 Å². The molecule has 6 nitrogen and oxygen atoms in total. The van der Waals surface area contributed by atoms with Crippen molar-refractivity contribution in [1.82, 2.24) is 10.2 Å². The normalized spacial score (nSPS) is 11.8. The second kappa shape index (κ2) is 4.67. The number of carbonyl (C=O) groups excluding carboxylic acids is 1. The maximum atomic E-state index is 11.8. The van der Waals surface area contributed by atoms with Crippen molar-refractivity contribution in [3.63, 3.8) is 0 Å². The quantitative estimate of drug-likeness (QED) is 0.793. The van der Waals surface area contributed by atoms with Gasteiger partial charge >= 0.3 is 5.97 Å². The molecular formula is C12H9N3O3. The number of H-pyrrole nitrogens is 1. The molecule has 0 aliphatic carbocycles. The number of rotatable bonds is 2. The van der Waals surface area contributed by atoms with Gasteiger partial charge in [0.1, 0.15) is 6.07 Å². The van der Waals surface area contributed by atoms with Crippen molar-refractivity contribution in [2.24, 2.45) is 0 Å². The fourth-order valence-corrected chi connectivity index (χ4v) is 1.51. The third kappa shape index (κ3) is 2.06. The van der Waals surface area contributed by atoms with E-state index in [0.717, 1.165) is 0 Å². The molecule has 1 unspecified atom stereocenters. The summed E-state index contributed by atoms with van der Waals surface area (Å²) in [7, 11) is 0. The molecule has 0 aliphatic heterocycles. The Morgan fingerprint density at radius 1 is 1.44 bits per heavy atom. The number of aromatic amines is 1. The van der Waals surface area contributed by atoms with E-state index >= 15 is 0 Å². The van der Waals surface area contributed by atoms with Crippen molar-refractivity contribution in [3.05, 3.63) is 40.3 Å². The lowest BCUT2D eigenvalue weighted by Crippen LogP contribution is -2.19. The number of benzene rings is 1. The molecule has 1 aromatic carbocycles. The first kappa shape index (κ1) is 11.8. The van der Waals surface area contributed by atoms with E-state index in [9.17, 15) is 9.59 Å². The monoisotopic (exact) mass is 243 g/mol. The summed E-state index contributed by atoms with van der Waals surface area (Å²) in [6.45, 7) is 1.45. The summed E-state index contributed by atoms with van der Waals surface area (Å²) in [6, 6.07) is 8.34. The van der Waals surface area contributed by atoms with Crippen LogP contribution in [-0.2, 0) is 4.74 Å². The Hall–Kier alpha value is -2.68. The maximum absolute atomic E-state index is 11.8. The number of nitriles is 1. The number of fused-ring (bicyclic) bond motifs is 1. The van der Waals surface area contributed by atoms with Crippen LogP contribution in [0, 0.1) is 11.3 Å². The van der Waals surface area contributed by atoms with Gasteiger partial charge in [-0.05, 0) is 13.0 Å². The first-order chi connectivity index (χ1) is 8.63. The molecule has 1 heterocycles. The Labute approximate surface area is 102 Å². The van der Waals surface area contributed by atoms with Gasteiger partial charge in [0.05, 0.1) is 5.39 Å². The number of nitrogens with one attached hydrogen (secondary N) is 1. The first-order valence-electron chi connectivity index (χ1n) is 5.21. The van der Waals surface area contributed by atoms with E-state index < -0.39 is 12.1 Å². The van der Waals surface area contributed by atoms with Gasteiger partial charge in [-0.25, -0.2) is 9.89 Å². The van der Waals surface area contributed by atoms with Crippen molar-refractivity contribution in [3.8, 4) is 6.07 Å². The average Bonchev–Trinajstić information content (AvgIpc) is 2.39. The molecule has 1 atom stereocenters. The molecule has 0 spiro atoms. The Morgan fingerprint density at radius 2 is 2.11 bits per heavy atom. The van der Waals surface area contributed by atoms with Crippen LogP contribution in [0.15, 0.2) is 29.1 Å². The highest BCUT2D eigenvalue weighted by Gasteiger charge is 2.17. The van der Waals surface area contributed by atoms with Crippen LogP contribution in [0.2, 0.25) is 0 Å². The smallest absolute Gasteiger partial charge is 0.360 e. The number of carbonyl (C=O) groups is 1. The molecule has 90 valence electrons. The Morgan fingerprint density at radius 3 is 2.78 bits per heavy atom. The van der Waals surface area contributed by atoms with Crippen LogP contribution in [0.1, 0.15) is 17.4 Å². The summed E-state index contributed by atoms with van der Waals surface area (Å²) >= 11 is 0. The van der Waals surface area contributed by atoms with Crippen molar-refractivity contribution in [2.45, 2.75) is 13.0 Å². The lowest BCUT2D eigenvalue weighted by atomic mass is 10.1. The van der Waals surface area contributed by atoms with Crippen LogP contribution in [0.25, 0.3) is 10.8 Å². The third-order valence-corrected chi connectivity index (χ3v) is 2.36. The molecule has 0 aliphatic rings. The number of nitrogens with zero attached hydrogens (tertiary/aromatic N) is 2. The summed E-state index contributed by atoms with van der Waals surface area (Å²) < 4.78 is 4.85. The van der Waals surface area contributed by atoms with Crippen LogP contribution >= 0.6 is 0 Å². The molecule has 1 N–H and O–H groups in total. The second-order valence-electron chi connectivity index (χ2n) is 3.62. The van der Waals surface area contributed by atoms with E-state index in [1.54, 1.807) is 30.3 Å². The van der Waals surface area contributed by atoms with Crippen molar-refractivity contribution >= 4 is 16.7 Å². The van der Waals surface area contributed by atoms with E-state index in [-0.39, 0.29) is 11.3 Å². The molecule has 6 heteroatoms. The Kier molecular flexibility index (Phi) is 3.06. The maximum Gasteiger partial charge on any atom is 0.360 e. The van der Waals surface area contributed by atoms with Gasteiger partial charge in [-0.2, -0.15) is 10.4 Å². The van der Waals surface area contributed by atoms with E-state index in [4.69, 9.17) is 10.00 Å². The van der Waals surface area contributed by atoms with Gasteiger partial charge in [-0.3, -0.25) is 4.79 Å². The first-order valence-corrected chi connectivity index (χ1v) is 5.21. The van der Waals surface area contributed by atoms with Crippen molar-refractivity contribution in [1.29, 1.82) is 5.26 Å². The predicted octanol–water partition coefficient (Wildman–Crippen LogP) is 0.992. The lowest BCUT2D eigenvalue weighted by molar-refractivity contribution is 0.0429. The zero-order valence-corrected chi connectivity index (χ0v) is 9.51. The number of esters is 1. The standard InChI is InChI=1S/C12H9N3O3/c1-7(6-13)18-12(17)10-8-4-2-3-5-9(8)11(16)15-14-10/h2-5,7H,1H3,(H,15,16). The highest BCUT2D eigenvalue weighted by molar-refractivity contribution is 6.02. The van der Waals surface area contributed by atoms with Gasteiger partial charge in [0.25, 0.3) is 5.56 Å². The van der Waals surface area contributed by atoms with Crippen LogP contribution < -0.4 is 5.56 Å². The number of ether oxygens (including phenoxy) is 1. The average molecular weight is 243 g/mol. The molecule has 2 aromatic rings. The van der Waals surface area contributed by atoms with Gasteiger partial charge in [0.15, 0.2) is 11.8 Å². The molecule has 0 bridgehead atoms. The molecule has 0 radical (unpaired) electrons. The zero-order valence-electron chi connectivity index (χ0n) is 9.51. The van der Waals surface area contributed by atoms with Gasteiger partial charge in [-0.15, -0.1) is 0 Å². The summed E-state index contributed by atoms with van der Waals surface area (Å²) in [5.41, 5.74) is -0.386.